The summed E-state index contributed by atoms with van der Waals surface area (Å²) in [5.41, 5.74) is -1.88. The van der Waals surface area contributed by atoms with Crippen molar-refractivity contribution in [3.63, 3.8) is 0 Å². The van der Waals surface area contributed by atoms with Crippen LogP contribution in [0.25, 0.3) is 22.9 Å². The number of esters is 1. The van der Waals surface area contributed by atoms with E-state index in [2.05, 4.69) is 4.98 Å². The van der Waals surface area contributed by atoms with E-state index in [9.17, 15) is 24.5 Å². The second-order valence-corrected chi connectivity index (χ2v) is 6.75. The van der Waals surface area contributed by atoms with Gasteiger partial charge in [0.2, 0.25) is 0 Å². The van der Waals surface area contributed by atoms with Gasteiger partial charge in [0.15, 0.2) is 0 Å². The lowest BCUT2D eigenvalue weighted by atomic mass is 10.0. The molecule has 4 rings (SSSR count). The Morgan fingerprint density at radius 3 is 2.38 bits per heavy atom. The highest BCUT2D eigenvalue weighted by atomic mass is 16.6. The van der Waals surface area contributed by atoms with E-state index in [1.54, 1.807) is 36.4 Å². The van der Waals surface area contributed by atoms with Gasteiger partial charge in [-0.25, -0.2) is 9.59 Å². The maximum absolute atomic E-state index is 12.6. The number of fused-ring (bicyclic) bond motifs is 1. The number of rotatable bonds is 5. The molecule has 0 bridgehead atoms. The summed E-state index contributed by atoms with van der Waals surface area (Å²) >= 11 is 0. The maximum Gasteiger partial charge on any atom is 0.357 e. The number of aromatic nitrogens is 2. The molecule has 0 radical (unpaired) electrons. The third-order valence-corrected chi connectivity index (χ3v) is 4.67. The summed E-state index contributed by atoms with van der Waals surface area (Å²) < 4.78 is 5.46. The molecule has 2 N–H and O–H groups in total. The normalized spacial score (nSPS) is 11.0. The molecule has 1 heterocycles. The van der Waals surface area contributed by atoms with Gasteiger partial charge in [-0.05, 0) is 40.6 Å². The first-order valence-electron chi connectivity index (χ1n) is 9.41. The van der Waals surface area contributed by atoms with E-state index in [1.807, 2.05) is 35.3 Å². The van der Waals surface area contributed by atoms with Gasteiger partial charge < -0.3 is 9.72 Å². The zero-order valence-corrected chi connectivity index (χ0v) is 16.4. The van der Waals surface area contributed by atoms with Crippen LogP contribution in [0, 0.1) is 10.1 Å². The number of nitrogens with zero attached hydrogens (tertiary/aromatic N) is 1. The third kappa shape index (κ3) is 4.21. The Morgan fingerprint density at radius 1 is 0.906 bits per heavy atom. The number of hydrogen-bond acceptors (Lipinski definition) is 6. The van der Waals surface area contributed by atoms with E-state index >= 15 is 0 Å². The van der Waals surface area contributed by atoms with Crippen LogP contribution in [0.15, 0.2) is 76.3 Å². The minimum atomic E-state index is -1.09. The molecule has 0 aliphatic rings. The van der Waals surface area contributed by atoms with Crippen molar-refractivity contribution in [2.24, 2.45) is 0 Å². The van der Waals surface area contributed by atoms with Gasteiger partial charge in [-0.3, -0.25) is 19.9 Å². The third-order valence-electron chi connectivity index (χ3n) is 4.67. The second-order valence-electron chi connectivity index (χ2n) is 6.75. The van der Waals surface area contributed by atoms with Crippen LogP contribution < -0.4 is 16.0 Å². The molecule has 0 aliphatic carbocycles. The van der Waals surface area contributed by atoms with Gasteiger partial charge in [-0.1, -0.05) is 54.6 Å². The molecular formula is C23H15N3O6. The number of carbonyl (C=O) groups is 1. The number of carbonyl (C=O) groups excluding carboxylic acids is 1. The summed E-state index contributed by atoms with van der Waals surface area (Å²) in [6, 6.07) is 19.3. The summed E-state index contributed by atoms with van der Waals surface area (Å²) in [6.07, 6.45) is 2.74. The Bertz CT molecular complexity index is 1480. The predicted octanol–water partition coefficient (Wildman–Crippen LogP) is 3.51. The van der Waals surface area contributed by atoms with Crippen molar-refractivity contribution in [2.45, 2.75) is 0 Å². The lowest BCUT2D eigenvalue weighted by Crippen LogP contribution is -2.25. The average Bonchev–Trinajstić information content (AvgIpc) is 2.77. The number of nitro groups is 1. The monoisotopic (exact) mass is 429 g/mol. The lowest BCUT2D eigenvalue weighted by molar-refractivity contribution is -0.386. The highest BCUT2D eigenvalue weighted by molar-refractivity contribution is 6.05. The molecule has 0 spiro atoms. The maximum atomic E-state index is 12.6. The van der Waals surface area contributed by atoms with Gasteiger partial charge in [0.25, 0.3) is 0 Å². The first kappa shape index (κ1) is 20.5. The Hall–Kier alpha value is -4.79. The molecule has 4 aromatic rings. The fraction of sp³-hybridized carbons (Fsp3) is 0. The number of ether oxygens (including phenoxy) is 1. The zero-order valence-electron chi connectivity index (χ0n) is 16.4. The lowest BCUT2D eigenvalue weighted by Gasteiger charge is -2.07. The van der Waals surface area contributed by atoms with Crippen molar-refractivity contribution in [3.05, 3.63) is 115 Å². The average molecular weight is 429 g/mol. The van der Waals surface area contributed by atoms with Crippen LogP contribution in [0.1, 0.15) is 21.6 Å². The molecule has 0 saturated carbocycles. The Balaban J connectivity index is 1.54. The van der Waals surface area contributed by atoms with E-state index in [0.717, 1.165) is 10.8 Å². The molecule has 0 atom stereocenters. The van der Waals surface area contributed by atoms with Gasteiger partial charge in [0.1, 0.15) is 11.4 Å². The van der Waals surface area contributed by atoms with E-state index in [1.165, 1.54) is 12.2 Å². The summed E-state index contributed by atoms with van der Waals surface area (Å²) in [5, 5.41) is 12.8. The largest absolute Gasteiger partial charge is 0.423 e. The van der Waals surface area contributed by atoms with Crippen LogP contribution >= 0.6 is 0 Å². The van der Waals surface area contributed by atoms with Gasteiger partial charge in [0.05, 0.1) is 10.5 Å². The van der Waals surface area contributed by atoms with E-state index < -0.39 is 27.8 Å². The van der Waals surface area contributed by atoms with E-state index in [0.29, 0.717) is 16.9 Å². The highest BCUT2D eigenvalue weighted by Crippen LogP contribution is 2.21. The molecule has 32 heavy (non-hydrogen) atoms. The molecule has 158 valence electrons. The minimum absolute atomic E-state index is 0.227. The number of hydrogen-bond donors (Lipinski definition) is 2. The van der Waals surface area contributed by atoms with Gasteiger partial charge in [-0.15, -0.1) is 0 Å². The summed E-state index contributed by atoms with van der Waals surface area (Å²) in [6.45, 7) is 0. The number of aromatic amines is 2. The Morgan fingerprint density at radius 2 is 1.62 bits per heavy atom. The first-order valence-corrected chi connectivity index (χ1v) is 9.41. The smallest absolute Gasteiger partial charge is 0.357 e. The van der Waals surface area contributed by atoms with Crippen LogP contribution in [-0.2, 0) is 0 Å². The molecule has 0 unspecified atom stereocenters. The Kier molecular flexibility index (Phi) is 5.45. The fourth-order valence-corrected chi connectivity index (χ4v) is 3.19. The van der Waals surface area contributed by atoms with Crippen LogP contribution in [0.4, 0.5) is 5.69 Å². The second kappa shape index (κ2) is 8.52. The SMILES string of the molecule is O=C(Oc1ccc(/C=C/c2[nH]c(=O)[nH]c(=O)c2[N+](=O)[O-])cc1)c1cccc2ccccc12. The number of nitrogens with one attached hydrogen (secondary N) is 2. The molecule has 3 aromatic carbocycles. The van der Waals surface area contributed by atoms with Crippen molar-refractivity contribution < 1.29 is 14.5 Å². The fourth-order valence-electron chi connectivity index (χ4n) is 3.19. The molecule has 9 heteroatoms. The summed E-state index contributed by atoms with van der Waals surface area (Å²) in [4.78, 5) is 50.0. The molecule has 0 saturated heterocycles. The molecule has 0 amide bonds. The van der Waals surface area contributed by atoms with Crippen LogP contribution in [-0.4, -0.2) is 20.9 Å². The number of H-pyrrole nitrogens is 2. The predicted molar refractivity (Wildman–Crippen MR) is 119 cm³/mol. The van der Waals surface area contributed by atoms with Crippen molar-refractivity contribution in [1.82, 2.24) is 9.97 Å². The van der Waals surface area contributed by atoms with E-state index in [-0.39, 0.29) is 5.69 Å². The van der Waals surface area contributed by atoms with Crippen molar-refractivity contribution in [3.8, 4) is 5.75 Å². The standard InChI is InChI=1S/C23H15N3O6/c27-21-20(26(30)31)19(24-23(29)25-21)13-10-14-8-11-16(12-9-14)32-22(28)18-7-3-5-15-4-1-2-6-17(15)18/h1-13H,(H2,24,25,27,29)/b13-10+. The number of benzene rings is 3. The first-order chi connectivity index (χ1) is 15.4. The highest BCUT2D eigenvalue weighted by Gasteiger charge is 2.18. The zero-order chi connectivity index (χ0) is 22.7. The molecule has 0 fully saturated rings. The quantitative estimate of drug-likeness (QED) is 0.216. The molecule has 9 nitrogen and oxygen atoms in total. The van der Waals surface area contributed by atoms with Gasteiger partial charge >= 0.3 is 22.9 Å². The summed E-state index contributed by atoms with van der Waals surface area (Å²) in [5.74, 6) is -0.183. The molecule has 0 aliphatic heterocycles. The molecule has 1 aromatic heterocycles. The van der Waals surface area contributed by atoms with Crippen LogP contribution in [0.5, 0.6) is 5.75 Å². The van der Waals surface area contributed by atoms with E-state index in [4.69, 9.17) is 4.74 Å². The van der Waals surface area contributed by atoms with Crippen LogP contribution in [0.2, 0.25) is 0 Å². The van der Waals surface area contributed by atoms with Crippen molar-refractivity contribution >= 4 is 34.6 Å². The molecular weight excluding hydrogens is 414 g/mol. The van der Waals surface area contributed by atoms with Crippen molar-refractivity contribution in [2.75, 3.05) is 0 Å². The van der Waals surface area contributed by atoms with Crippen molar-refractivity contribution in [1.29, 1.82) is 0 Å². The van der Waals surface area contributed by atoms with Gasteiger partial charge in [-0.2, -0.15) is 0 Å². The summed E-state index contributed by atoms with van der Waals surface area (Å²) in [7, 11) is 0. The Labute approximate surface area is 179 Å². The topological polar surface area (TPSA) is 135 Å². The minimum Gasteiger partial charge on any atom is -0.423 e. The van der Waals surface area contributed by atoms with Gasteiger partial charge in [0, 0.05) is 0 Å². The van der Waals surface area contributed by atoms with Crippen LogP contribution in [0.3, 0.4) is 0 Å².